The van der Waals surface area contributed by atoms with Gasteiger partial charge < -0.3 is 10.1 Å². The number of anilines is 1. The van der Waals surface area contributed by atoms with Crippen molar-refractivity contribution in [3.8, 4) is 0 Å². The number of ether oxygens (including phenoxy) is 1. The van der Waals surface area contributed by atoms with E-state index in [1.807, 2.05) is 0 Å². The summed E-state index contributed by atoms with van der Waals surface area (Å²) in [6, 6.07) is 6.43. The van der Waals surface area contributed by atoms with Gasteiger partial charge in [0.2, 0.25) is 0 Å². The van der Waals surface area contributed by atoms with Crippen LogP contribution in [0.2, 0.25) is 10.2 Å². The van der Waals surface area contributed by atoms with Gasteiger partial charge in [0, 0.05) is 11.9 Å². The summed E-state index contributed by atoms with van der Waals surface area (Å²) in [6.07, 6.45) is 1.35. The van der Waals surface area contributed by atoms with Crippen LogP contribution in [0.15, 0.2) is 36.5 Å². The van der Waals surface area contributed by atoms with E-state index in [0.717, 1.165) is 6.07 Å². The molecule has 1 amide bonds. The van der Waals surface area contributed by atoms with Crippen LogP contribution >= 0.6 is 23.2 Å². The monoisotopic (exact) mass is 342 g/mol. The Kier molecular flexibility index (Phi) is 5.30. The number of aromatic nitrogens is 1. The number of rotatable bonds is 4. The van der Waals surface area contributed by atoms with Crippen molar-refractivity contribution in [1.29, 1.82) is 0 Å². The molecule has 2 rings (SSSR count). The summed E-state index contributed by atoms with van der Waals surface area (Å²) >= 11 is 11.2. The number of halogens is 3. The predicted octanol–water partition coefficient (Wildman–Crippen LogP) is 3.32. The van der Waals surface area contributed by atoms with Crippen LogP contribution in [0.5, 0.6) is 0 Å². The molecule has 0 saturated heterocycles. The number of hydrogen-bond acceptors (Lipinski definition) is 4. The molecule has 0 unspecified atom stereocenters. The van der Waals surface area contributed by atoms with Crippen molar-refractivity contribution < 1.29 is 18.7 Å². The molecular formula is C14H9Cl2FN2O3. The number of carbonyl (C=O) groups excluding carboxylic acids is 2. The molecule has 5 nitrogen and oxygen atoms in total. The van der Waals surface area contributed by atoms with E-state index in [9.17, 15) is 14.0 Å². The van der Waals surface area contributed by atoms with Crippen LogP contribution in [-0.2, 0) is 9.53 Å². The quantitative estimate of drug-likeness (QED) is 0.683. The number of nitrogens with one attached hydrogen (secondary N) is 1. The zero-order valence-electron chi connectivity index (χ0n) is 11.0. The minimum atomic E-state index is -0.711. The molecule has 22 heavy (non-hydrogen) atoms. The van der Waals surface area contributed by atoms with E-state index in [1.54, 1.807) is 0 Å². The van der Waals surface area contributed by atoms with Crippen molar-refractivity contribution in [2.24, 2.45) is 0 Å². The van der Waals surface area contributed by atoms with Gasteiger partial charge in [-0.15, -0.1) is 0 Å². The molecule has 0 saturated carbocycles. The molecule has 1 N–H and O–H groups in total. The zero-order chi connectivity index (χ0) is 16.1. The lowest BCUT2D eigenvalue weighted by Crippen LogP contribution is -2.21. The van der Waals surface area contributed by atoms with Crippen molar-refractivity contribution >= 4 is 40.8 Å². The van der Waals surface area contributed by atoms with Gasteiger partial charge in [-0.3, -0.25) is 4.79 Å². The average molecular weight is 343 g/mol. The van der Waals surface area contributed by atoms with Gasteiger partial charge in [0.15, 0.2) is 6.61 Å². The van der Waals surface area contributed by atoms with Crippen LogP contribution in [0.4, 0.5) is 10.1 Å². The molecule has 0 aliphatic carbocycles. The second kappa shape index (κ2) is 7.20. The van der Waals surface area contributed by atoms with Crippen molar-refractivity contribution in [2.75, 3.05) is 11.9 Å². The second-order valence-corrected chi connectivity index (χ2v) is 4.91. The average Bonchev–Trinajstić information content (AvgIpc) is 2.48. The van der Waals surface area contributed by atoms with E-state index >= 15 is 0 Å². The first kappa shape index (κ1) is 16.2. The Hall–Kier alpha value is -2.18. The molecule has 8 heteroatoms. The van der Waals surface area contributed by atoms with E-state index in [1.165, 1.54) is 30.5 Å². The summed E-state index contributed by atoms with van der Waals surface area (Å²) in [6.45, 7) is -0.506. The first-order valence-corrected chi connectivity index (χ1v) is 6.75. The van der Waals surface area contributed by atoms with Crippen molar-refractivity contribution in [3.63, 3.8) is 0 Å². The first-order chi connectivity index (χ1) is 10.5. The molecule has 0 spiro atoms. The molecule has 0 fully saturated rings. The molecular weight excluding hydrogens is 334 g/mol. The maximum atomic E-state index is 13.0. The number of nitrogens with zero attached hydrogens (tertiary/aromatic N) is 1. The van der Waals surface area contributed by atoms with E-state index in [0.29, 0.717) is 5.69 Å². The molecule has 0 atom stereocenters. The van der Waals surface area contributed by atoms with Crippen LogP contribution in [0, 0.1) is 5.82 Å². The summed E-state index contributed by atoms with van der Waals surface area (Å²) in [4.78, 5) is 27.1. The normalized spacial score (nSPS) is 10.1. The Bertz CT molecular complexity index is 725. The summed E-state index contributed by atoms with van der Waals surface area (Å²) in [7, 11) is 0. The molecule has 1 aromatic carbocycles. The zero-order valence-corrected chi connectivity index (χ0v) is 12.5. The molecule has 0 aliphatic heterocycles. The molecule has 0 aliphatic rings. The fraction of sp³-hybridized carbons (Fsp3) is 0.0714. The Labute approximate surface area is 135 Å². The molecule has 0 radical (unpaired) electrons. The highest BCUT2D eigenvalue weighted by molar-refractivity contribution is 6.31. The van der Waals surface area contributed by atoms with Gasteiger partial charge in [-0.25, -0.2) is 14.2 Å². The fourth-order valence-electron chi connectivity index (χ4n) is 1.51. The van der Waals surface area contributed by atoms with Gasteiger partial charge in [0.25, 0.3) is 5.91 Å². The number of carbonyl (C=O) groups is 2. The van der Waals surface area contributed by atoms with E-state index in [2.05, 4.69) is 10.3 Å². The van der Waals surface area contributed by atoms with Crippen LogP contribution in [0.3, 0.4) is 0 Å². The highest BCUT2D eigenvalue weighted by Crippen LogP contribution is 2.19. The van der Waals surface area contributed by atoms with Gasteiger partial charge >= 0.3 is 5.97 Å². The molecule has 2 aromatic rings. The van der Waals surface area contributed by atoms with Crippen LogP contribution < -0.4 is 5.32 Å². The Balaban J connectivity index is 1.90. The smallest absolute Gasteiger partial charge is 0.338 e. The van der Waals surface area contributed by atoms with E-state index in [4.69, 9.17) is 27.9 Å². The third-order valence-electron chi connectivity index (χ3n) is 2.50. The van der Waals surface area contributed by atoms with Crippen molar-refractivity contribution in [3.05, 3.63) is 58.1 Å². The molecule has 1 aromatic heterocycles. The predicted molar refractivity (Wildman–Crippen MR) is 79.6 cm³/mol. The first-order valence-electron chi connectivity index (χ1n) is 5.99. The highest BCUT2D eigenvalue weighted by Gasteiger charge is 2.11. The number of amides is 1. The third-order valence-corrected chi connectivity index (χ3v) is 3.00. The maximum Gasteiger partial charge on any atom is 0.338 e. The summed E-state index contributed by atoms with van der Waals surface area (Å²) < 4.78 is 17.8. The van der Waals surface area contributed by atoms with Gasteiger partial charge in [-0.2, -0.15) is 0 Å². The maximum absolute atomic E-state index is 13.0. The summed E-state index contributed by atoms with van der Waals surface area (Å²) in [5, 5.41) is 2.44. The minimum absolute atomic E-state index is 0.124. The van der Waals surface area contributed by atoms with Gasteiger partial charge in [-0.05, 0) is 30.3 Å². The minimum Gasteiger partial charge on any atom is -0.452 e. The van der Waals surface area contributed by atoms with Crippen LogP contribution in [-0.4, -0.2) is 23.5 Å². The molecule has 114 valence electrons. The SMILES string of the molecule is O=C(COC(=O)c1ccnc(Cl)c1)Nc1ccc(F)c(Cl)c1. The van der Waals surface area contributed by atoms with Crippen molar-refractivity contribution in [1.82, 2.24) is 4.98 Å². The lowest BCUT2D eigenvalue weighted by Gasteiger charge is -2.07. The summed E-state index contributed by atoms with van der Waals surface area (Å²) in [5.74, 6) is -1.89. The van der Waals surface area contributed by atoms with Gasteiger partial charge in [0.1, 0.15) is 11.0 Å². The van der Waals surface area contributed by atoms with E-state index < -0.39 is 24.3 Å². The number of pyridine rings is 1. The summed E-state index contributed by atoms with van der Waals surface area (Å²) in [5.41, 5.74) is 0.469. The Morgan fingerprint density at radius 2 is 2.00 bits per heavy atom. The standard InChI is InChI=1S/C14H9Cl2FN2O3/c15-10-6-9(1-2-11(10)17)19-13(20)7-22-14(21)8-3-4-18-12(16)5-8/h1-6H,7H2,(H,19,20). The largest absolute Gasteiger partial charge is 0.452 e. The lowest BCUT2D eigenvalue weighted by atomic mass is 10.3. The second-order valence-electron chi connectivity index (χ2n) is 4.12. The lowest BCUT2D eigenvalue weighted by molar-refractivity contribution is -0.119. The van der Waals surface area contributed by atoms with Crippen molar-refractivity contribution in [2.45, 2.75) is 0 Å². The Morgan fingerprint density at radius 1 is 1.23 bits per heavy atom. The molecule has 0 bridgehead atoms. The Morgan fingerprint density at radius 3 is 2.68 bits per heavy atom. The van der Waals surface area contributed by atoms with E-state index in [-0.39, 0.29) is 15.7 Å². The van der Waals surface area contributed by atoms with Gasteiger partial charge in [-0.1, -0.05) is 23.2 Å². The van der Waals surface area contributed by atoms with Crippen LogP contribution in [0.1, 0.15) is 10.4 Å². The topological polar surface area (TPSA) is 68.3 Å². The van der Waals surface area contributed by atoms with Gasteiger partial charge in [0.05, 0.1) is 10.6 Å². The molecule has 1 heterocycles. The highest BCUT2D eigenvalue weighted by atomic mass is 35.5. The number of hydrogen-bond donors (Lipinski definition) is 1. The fourth-order valence-corrected chi connectivity index (χ4v) is 1.87. The van der Waals surface area contributed by atoms with Crippen LogP contribution in [0.25, 0.3) is 0 Å². The number of benzene rings is 1. The number of esters is 1. The third kappa shape index (κ3) is 4.41.